The lowest BCUT2D eigenvalue weighted by atomic mass is 10.1. The van der Waals surface area contributed by atoms with Crippen LogP contribution in [0.15, 0.2) is 42.5 Å². The molecule has 3 rings (SSSR count). The number of hydrogen-bond donors (Lipinski definition) is 0. The third-order valence-corrected chi connectivity index (χ3v) is 4.24. The fourth-order valence-electron chi connectivity index (χ4n) is 3.01. The van der Waals surface area contributed by atoms with Gasteiger partial charge in [0.15, 0.2) is 0 Å². The highest BCUT2D eigenvalue weighted by Gasteiger charge is 2.23. The van der Waals surface area contributed by atoms with Crippen LogP contribution in [-0.4, -0.2) is 27.1 Å². The van der Waals surface area contributed by atoms with Crippen molar-refractivity contribution in [1.82, 2.24) is 9.55 Å². The molecule has 0 radical (unpaired) electrons. The lowest BCUT2D eigenvalue weighted by molar-refractivity contribution is -0.385. The molecule has 0 saturated heterocycles. The lowest BCUT2D eigenvalue weighted by Crippen LogP contribution is -2.11. The minimum absolute atomic E-state index is 0.0146. The van der Waals surface area contributed by atoms with Crippen LogP contribution in [0.1, 0.15) is 28.2 Å². The van der Waals surface area contributed by atoms with Crippen molar-refractivity contribution in [2.45, 2.75) is 26.8 Å². The van der Waals surface area contributed by atoms with Gasteiger partial charge in [0.25, 0.3) is 5.69 Å². The summed E-state index contributed by atoms with van der Waals surface area (Å²) in [5.74, 6) is 0.222. The summed E-state index contributed by atoms with van der Waals surface area (Å²) in [7, 11) is 0. The number of aromatic nitrogens is 2. The molecular formula is C19H19N3O4. The Morgan fingerprint density at radius 2 is 1.96 bits per heavy atom. The largest absolute Gasteiger partial charge is 0.462 e. The van der Waals surface area contributed by atoms with Gasteiger partial charge in [-0.25, -0.2) is 9.78 Å². The van der Waals surface area contributed by atoms with E-state index in [1.807, 2.05) is 31.2 Å². The van der Waals surface area contributed by atoms with E-state index in [1.165, 1.54) is 6.07 Å². The molecule has 0 bridgehead atoms. The summed E-state index contributed by atoms with van der Waals surface area (Å²) < 4.78 is 7.31. The summed E-state index contributed by atoms with van der Waals surface area (Å²) in [4.78, 5) is 27.3. The van der Waals surface area contributed by atoms with Crippen molar-refractivity contribution in [1.29, 1.82) is 0 Å². The molecule has 3 aromatic rings. The van der Waals surface area contributed by atoms with Crippen LogP contribution in [0.3, 0.4) is 0 Å². The molecule has 7 nitrogen and oxygen atoms in total. The fraction of sp³-hybridized carbons (Fsp3) is 0.263. The molecule has 2 aromatic carbocycles. The average Bonchev–Trinajstić information content (AvgIpc) is 2.93. The second-order valence-electron chi connectivity index (χ2n) is 6.02. The predicted octanol–water partition coefficient (Wildman–Crippen LogP) is 3.81. The van der Waals surface area contributed by atoms with Gasteiger partial charge in [0.1, 0.15) is 11.4 Å². The molecule has 0 atom stereocenters. The average molecular weight is 353 g/mol. The first kappa shape index (κ1) is 17.6. The lowest BCUT2D eigenvalue weighted by Gasteiger charge is -2.09. The first-order valence-corrected chi connectivity index (χ1v) is 8.32. The van der Waals surface area contributed by atoms with Gasteiger partial charge in [-0.05, 0) is 38.5 Å². The molecule has 0 aliphatic heterocycles. The molecule has 0 spiro atoms. The molecule has 1 heterocycles. The number of benzene rings is 2. The second kappa shape index (κ2) is 7.35. The maximum absolute atomic E-state index is 12.2. The van der Waals surface area contributed by atoms with E-state index in [0.717, 1.165) is 16.9 Å². The number of carbonyl (C=O) groups is 1. The number of fused-ring (bicyclic) bond motifs is 1. The van der Waals surface area contributed by atoms with Gasteiger partial charge in [-0.15, -0.1) is 0 Å². The zero-order valence-electron chi connectivity index (χ0n) is 14.6. The fourth-order valence-corrected chi connectivity index (χ4v) is 3.01. The summed E-state index contributed by atoms with van der Waals surface area (Å²) >= 11 is 0. The van der Waals surface area contributed by atoms with Crippen LogP contribution < -0.4 is 0 Å². The van der Waals surface area contributed by atoms with E-state index in [9.17, 15) is 14.9 Å². The van der Waals surface area contributed by atoms with Gasteiger partial charge >= 0.3 is 5.97 Å². The Bertz CT molecular complexity index is 978. The molecule has 134 valence electrons. The van der Waals surface area contributed by atoms with E-state index in [0.29, 0.717) is 18.5 Å². The number of para-hydroxylation sites is 3. The zero-order valence-corrected chi connectivity index (χ0v) is 14.6. The van der Waals surface area contributed by atoms with Gasteiger partial charge < -0.3 is 9.30 Å². The smallest absolute Gasteiger partial charge is 0.345 e. The van der Waals surface area contributed by atoms with Crippen LogP contribution >= 0.6 is 0 Å². The molecule has 26 heavy (non-hydrogen) atoms. The number of rotatable bonds is 6. The molecule has 0 N–H and O–H groups in total. The summed E-state index contributed by atoms with van der Waals surface area (Å²) in [6.07, 6.45) is 0.590. The predicted molar refractivity (Wildman–Crippen MR) is 97.2 cm³/mol. The van der Waals surface area contributed by atoms with Gasteiger partial charge in [-0.1, -0.05) is 24.3 Å². The molecule has 0 aliphatic carbocycles. The third-order valence-electron chi connectivity index (χ3n) is 4.24. The Morgan fingerprint density at radius 3 is 2.73 bits per heavy atom. The quantitative estimate of drug-likeness (QED) is 0.291. The van der Waals surface area contributed by atoms with Gasteiger partial charge in [-0.3, -0.25) is 10.1 Å². The van der Waals surface area contributed by atoms with Crippen LogP contribution in [0.5, 0.6) is 0 Å². The van der Waals surface area contributed by atoms with E-state index < -0.39 is 10.9 Å². The molecular weight excluding hydrogens is 334 g/mol. The molecule has 0 saturated carbocycles. The van der Waals surface area contributed by atoms with Crippen molar-refractivity contribution in [2.24, 2.45) is 0 Å². The number of esters is 1. The highest BCUT2D eigenvalue weighted by molar-refractivity contribution is 5.94. The molecule has 0 aliphatic rings. The van der Waals surface area contributed by atoms with Gasteiger partial charge in [0.2, 0.25) is 0 Å². The van der Waals surface area contributed by atoms with Crippen LogP contribution in [-0.2, 0) is 11.3 Å². The molecule has 0 fully saturated rings. The number of nitrogens with zero attached hydrogens (tertiary/aromatic N) is 3. The van der Waals surface area contributed by atoms with E-state index >= 15 is 0 Å². The van der Waals surface area contributed by atoms with E-state index in [4.69, 9.17) is 4.74 Å². The van der Waals surface area contributed by atoms with Crippen LogP contribution in [0.2, 0.25) is 0 Å². The summed E-state index contributed by atoms with van der Waals surface area (Å²) in [5, 5.41) is 11.2. The number of nitro benzene ring substituents is 1. The number of aryl methyl sites for hydroxylation is 3. The van der Waals surface area contributed by atoms with E-state index in [2.05, 4.69) is 9.55 Å². The maximum atomic E-state index is 12.2. The SMILES string of the molecule is Cc1cccc(C(=O)OCCCn2c(C)nc3ccccc32)c1[N+](=O)[O-]. The second-order valence-corrected chi connectivity index (χ2v) is 6.02. The molecule has 1 aromatic heterocycles. The van der Waals surface area contributed by atoms with Crippen molar-refractivity contribution in [2.75, 3.05) is 6.61 Å². The summed E-state index contributed by atoms with van der Waals surface area (Å²) in [6.45, 7) is 4.36. The first-order chi connectivity index (χ1) is 12.5. The van der Waals surface area contributed by atoms with Crippen molar-refractivity contribution >= 4 is 22.7 Å². The Morgan fingerprint density at radius 1 is 1.19 bits per heavy atom. The molecule has 0 unspecified atom stereocenters. The minimum atomic E-state index is -0.674. The number of nitro groups is 1. The van der Waals surface area contributed by atoms with Crippen molar-refractivity contribution in [3.8, 4) is 0 Å². The molecule has 7 heteroatoms. The standard InChI is InChI=1S/C19H19N3O4/c1-13-7-5-8-15(18(13)22(24)25)19(23)26-12-6-11-21-14(2)20-16-9-3-4-10-17(16)21/h3-5,7-10H,6,11-12H2,1-2H3. The number of ether oxygens (including phenoxy) is 1. The van der Waals surface area contributed by atoms with E-state index in [1.54, 1.807) is 19.1 Å². The van der Waals surface area contributed by atoms with Crippen LogP contribution in [0.25, 0.3) is 11.0 Å². The van der Waals surface area contributed by atoms with Gasteiger partial charge in [0.05, 0.1) is 22.6 Å². The highest BCUT2D eigenvalue weighted by Crippen LogP contribution is 2.24. The summed E-state index contributed by atoms with van der Waals surface area (Å²) in [6, 6.07) is 12.5. The van der Waals surface area contributed by atoms with E-state index in [-0.39, 0.29) is 17.9 Å². The Labute approximate surface area is 150 Å². The van der Waals surface area contributed by atoms with Crippen molar-refractivity contribution in [3.63, 3.8) is 0 Å². The van der Waals surface area contributed by atoms with Crippen LogP contribution in [0.4, 0.5) is 5.69 Å². The molecule has 0 amide bonds. The summed E-state index contributed by atoms with van der Waals surface area (Å²) in [5.41, 5.74) is 2.18. The highest BCUT2D eigenvalue weighted by atomic mass is 16.6. The van der Waals surface area contributed by atoms with Crippen molar-refractivity contribution < 1.29 is 14.5 Å². The topological polar surface area (TPSA) is 87.3 Å². The van der Waals surface area contributed by atoms with Gasteiger partial charge in [-0.2, -0.15) is 0 Å². The maximum Gasteiger partial charge on any atom is 0.345 e. The number of hydrogen-bond acceptors (Lipinski definition) is 5. The first-order valence-electron chi connectivity index (χ1n) is 8.32. The Kier molecular flexibility index (Phi) is 4.97. The normalized spacial score (nSPS) is 10.8. The van der Waals surface area contributed by atoms with Gasteiger partial charge in [0, 0.05) is 12.1 Å². The van der Waals surface area contributed by atoms with Crippen LogP contribution in [0, 0.1) is 24.0 Å². The van der Waals surface area contributed by atoms with Crippen molar-refractivity contribution in [3.05, 3.63) is 69.5 Å². The third kappa shape index (κ3) is 3.42. The zero-order chi connectivity index (χ0) is 18.7. The Hall–Kier alpha value is -3.22. The number of carbonyl (C=O) groups excluding carboxylic acids is 1. The number of imidazole rings is 1. The Balaban J connectivity index is 1.64. The monoisotopic (exact) mass is 353 g/mol. The minimum Gasteiger partial charge on any atom is -0.462 e.